The first-order valence-corrected chi connectivity index (χ1v) is 5.16. The van der Waals surface area contributed by atoms with E-state index in [0.717, 1.165) is 17.7 Å². The minimum absolute atomic E-state index is 0.304. The molecule has 0 aromatic heterocycles. The van der Waals surface area contributed by atoms with Crippen molar-refractivity contribution in [2.75, 3.05) is 13.7 Å². The quantitative estimate of drug-likeness (QED) is 0.750. The predicted molar refractivity (Wildman–Crippen MR) is 64.2 cm³/mol. The Morgan fingerprint density at radius 1 is 1.47 bits per heavy atom. The second kappa shape index (κ2) is 5.56. The summed E-state index contributed by atoms with van der Waals surface area (Å²) < 4.78 is 5.32. The van der Waals surface area contributed by atoms with E-state index >= 15 is 0 Å². The fourth-order valence-electron chi connectivity index (χ4n) is 1.74. The molecule has 0 amide bonds. The highest BCUT2D eigenvalue weighted by atomic mass is 16.5. The van der Waals surface area contributed by atoms with Crippen LogP contribution < -0.4 is 10.5 Å². The van der Waals surface area contributed by atoms with Gasteiger partial charge in [0.15, 0.2) is 0 Å². The molecule has 0 radical (unpaired) electrons. The first-order chi connectivity index (χ1) is 7.19. The van der Waals surface area contributed by atoms with Gasteiger partial charge < -0.3 is 10.5 Å². The molecular formula is C13H19NO. The molecule has 0 saturated heterocycles. The summed E-state index contributed by atoms with van der Waals surface area (Å²) in [6.07, 6.45) is 0.914. The third-order valence-corrected chi connectivity index (χ3v) is 2.46. The van der Waals surface area contributed by atoms with Crippen molar-refractivity contribution in [1.82, 2.24) is 0 Å². The van der Waals surface area contributed by atoms with Gasteiger partial charge in [0.1, 0.15) is 5.75 Å². The van der Waals surface area contributed by atoms with Gasteiger partial charge in [-0.15, -0.1) is 6.58 Å². The lowest BCUT2D eigenvalue weighted by atomic mass is 9.92. The number of rotatable bonds is 5. The number of allylic oxidation sites excluding steroid dienone is 1. The largest absolute Gasteiger partial charge is 0.496 e. The van der Waals surface area contributed by atoms with Gasteiger partial charge in [0, 0.05) is 5.92 Å². The van der Waals surface area contributed by atoms with E-state index in [-0.39, 0.29) is 0 Å². The Kier molecular flexibility index (Phi) is 4.37. The van der Waals surface area contributed by atoms with Gasteiger partial charge in [0.2, 0.25) is 0 Å². The monoisotopic (exact) mass is 205 g/mol. The van der Waals surface area contributed by atoms with Crippen LogP contribution in [0.4, 0.5) is 0 Å². The van der Waals surface area contributed by atoms with Crippen LogP contribution in [0.5, 0.6) is 5.75 Å². The van der Waals surface area contributed by atoms with Crippen molar-refractivity contribution >= 4 is 0 Å². The molecule has 0 heterocycles. The summed E-state index contributed by atoms with van der Waals surface area (Å²) in [5, 5.41) is 0. The average Bonchev–Trinajstić information content (AvgIpc) is 2.25. The smallest absolute Gasteiger partial charge is 0.122 e. The molecule has 2 nitrogen and oxygen atoms in total. The summed E-state index contributed by atoms with van der Waals surface area (Å²) >= 11 is 0. The summed E-state index contributed by atoms with van der Waals surface area (Å²) in [6, 6.07) is 8.02. The Balaban J connectivity index is 2.95. The van der Waals surface area contributed by atoms with Gasteiger partial charge in [-0.25, -0.2) is 0 Å². The van der Waals surface area contributed by atoms with Crippen LogP contribution >= 0.6 is 0 Å². The lowest BCUT2D eigenvalue weighted by molar-refractivity contribution is 0.405. The topological polar surface area (TPSA) is 35.2 Å². The molecule has 0 aliphatic carbocycles. The van der Waals surface area contributed by atoms with Crippen molar-refractivity contribution in [1.29, 1.82) is 0 Å². The van der Waals surface area contributed by atoms with E-state index in [1.807, 2.05) is 25.1 Å². The summed E-state index contributed by atoms with van der Waals surface area (Å²) in [5.41, 5.74) is 8.10. The highest BCUT2D eigenvalue weighted by Gasteiger charge is 2.13. The highest BCUT2D eigenvalue weighted by molar-refractivity contribution is 5.37. The van der Waals surface area contributed by atoms with Gasteiger partial charge in [-0.2, -0.15) is 0 Å². The lowest BCUT2D eigenvalue weighted by Crippen LogP contribution is -2.13. The molecule has 15 heavy (non-hydrogen) atoms. The standard InChI is InChI=1S/C13H19NO/c1-10(2)8-11(9-14)12-6-4-5-7-13(12)15-3/h4-7,11H,1,8-9,14H2,2-3H3. The van der Waals surface area contributed by atoms with E-state index in [9.17, 15) is 0 Å². The van der Waals surface area contributed by atoms with Crippen molar-refractivity contribution in [2.45, 2.75) is 19.3 Å². The van der Waals surface area contributed by atoms with Gasteiger partial charge in [0.05, 0.1) is 7.11 Å². The van der Waals surface area contributed by atoms with Crippen molar-refractivity contribution in [3.05, 3.63) is 42.0 Å². The molecule has 0 bridgehead atoms. The van der Waals surface area contributed by atoms with E-state index in [1.54, 1.807) is 7.11 Å². The van der Waals surface area contributed by atoms with Crippen molar-refractivity contribution in [3.8, 4) is 5.75 Å². The molecule has 2 heteroatoms. The van der Waals surface area contributed by atoms with Crippen LogP contribution in [0.2, 0.25) is 0 Å². The number of hydrogen-bond donors (Lipinski definition) is 1. The first kappa shape index (κ1) is 11.8. The lowest BCUT2D eigenvalue weighted by Gasteiger charge is -2.18. The van der Waals surface area contributed by atoms with Gasteiger partial charge in [-0.3, -0.25) is 0 Å². The van der Waals surface area contributed by atoms with Gasteiger partial charge in [0.25, 0.3) is 0 Å². The summed E-state index contributed by atoms with van der Waals surface area (Å²) in [7, 11) is 1.69. The number of nitrogens with two attached hydrogens (primary N) is 1. The molecule has 1 atom stereocenters. The number of benzene rings is 1. The van der Waals surface area contributed by atoms with Crippen LogP contribution in [0.1, 0.15) is 24.8 Å². The Morgan fingerprint density at radius 3 is 2.67 bits per heavy atom. The molecule has 1 rings (SSSR count). The molecule has 1 unspecified atom stereocenters. The van der Waals surface area contributed by atoms with Crippen LogP contribution in [-0.2, 0) is 0 Å². The van der Waals surface area contributed by atoms with Crippen LogP contribution in [-0.4, -0.2) is 13.7 Å². The summed E-state index contributed by atoms with van der Waals surface area (Å²) in [5.74, 6) is 1.22. The second-order valence-electron chi connectivity index (χ2n) is 3.84. The number of methoxy groups -OCH3 is 1. The third-order valence-electron chi connectivity index (χ3n) is 2.46. The zero-order valence-electron chi connectivity index (χ0n) is 9.49. The minimum Gasteiger partial charge on any atom is -0.496 e. The maximum absolute atomic E-state index is 5.78. The van der Waals surface area contributed by atoms with Gasteiger partial charge in [-0.1, -0.05) is 23.8 Å². The number of ether oxygens (including phenoxy) is 1. The minimum atomic E-state index is 0.304. The fourth-order valence-corrected chi connectivity index (χ4v) is 1.74. The van der Waals surface area contributed by atoms with E-state index in [2.05, 4.69) is 12.6 Å². The Morgan fingerprint density at radius 2 is 2.13 bits per heavy atom. The van der Waals surface area contributed by atoms with Crippen LogP contribution in [0.25, 0.3) is 0 Å². The van der Waals surface area contributed by atoms with E-state index in [0.29, 0.717) is 12.5 Å². The van der Waals surface area contributed by atoms with Crippen LogP contribution in [0.15, 0.2) is 36.4 Å². The average molecular weight is 205 g/mol. The number of para-hydroxylation sites is 1. The van der Waals surface area contributed by atoms with Crippen molar-refractivity contribution < 1.29 is 4.74 Å². The SMILES string of the molecule is C=C(C)CC(CN)c1ccccc1OC. The normalized spacial score (nSPS) is 12.2. The zero-order valence-corrected chi connectivity index (χ0v) is 9.49. The molecule has 1 aromatic rings. The number of hydrogen-bond acceptors (Lipinski definition) is 2. The van der Waals surface area contributed by atoms with E-state index in [1.165, 1.54) is 5.56 Å². The third kappa shape index (κ3) is 3.10. The van der Waals surface area contributed by atoms with Gasteiger partial charge >= 0.3 is 0 Å². The van der Waals surface area contributed by atoms with Crippen molar-refractivity contribution in [3.63, 3.8) is 0 Å². The van der Waals surface area contributed by atoms with E-state index < -0.39 is 0 Å². The Hall–Kier alpha value is -1.28. The van der Waals surface area contributed by atoms with Gasteiger partial charge in [-0.05, 0) is 31.5 Å². The molecular weight excluding hydrogens is 186 g/mol. The molecule has 0 aliphatic heterocycles. The van der Waals surface area contributed by atoms with Crippen LogP contribution in [0, 0.1) is 0 Å². The first-order valence-electron chi connectivity index (χ1n) is 5.16. The highest BCUT2D eigenvalue weighted by Crippen LogP contribution is 2.29. The van der Waals surface area contributed by atoms with Crippen LogP contribution in [0.3, 0.4) is 0 Å². The molecule has 0 spiro atoms. The molecule has 2 N–H and O–H groups in total. The second-order valence-corrected chi connectivity index (χ2v) is 3.84. The molecule has 1 aromatic carbocycles. The molecule has 0 saturated carbocycles. The molecule has 0 fully saturated rings. The molecule has 0 aliphatic rings. The maximum Gasteiger partial charge on any atom is 0.122 e. The Bertz CT molecular complexity index is 333. The van der Waals surface area contributed by atoms with Crippen molar-refractivity contribution in [2.24, 2.45) is 5.73 Å². The Labute approximate surface area is 91.7 Å². The summed E-state index contributed by atoms with van der Waals surface area (Å²) in [6.45, 7) is 6.57. The molecule has 82 valence electrons. The predicted octanol–water partition coefficient (Wildman–Crippen LogP) is 2.70. The van der Waals surface area contributed by atoms with E-state index in [4.69, 9.17) is 10.5 Å². The zero-order chi connectivity index (χ0) is 11.3. The fraction of sp³-hybridized carbons (Fsp3) is 0.385. The maximum atomic E-state index is 5.78. The summed E-state index contributed by atoms with van der Waals surface area (Å²) in [4.78, 5) is 0.